The van der Waals surface area contributed by atoms with Crippen LogP contribution in [-0.4, -0.2) is 15.0 Å². The molecule has 204 valence electrons. The van der Waals surface area contributed by atoms with Crippen LogP contribution in [0, 0.1) is 5.92 Å². The molecule has 1 aliphatic carbocycles. The summed E-state index contributed by atoms with van der Waals surface area (Å²) in [5.41, 5.74) is 7.89. The molecule has 1 heterocycles. The van der Waals surface area contributed by atoms with Gasteiger partial charge in [-0.2, -0.15) is 0 Å². The predicted octanol–water partition coefficient (Wildman–Crippen LogP) is 10.1. The lowest BCUT2D eigenvalue weighted by molar-refractivity contribution is 0.717. The zero-order valence-electron chi connectivity index (χ0n) is 23.9. The number of benzene rings is 6. The molecule has 43 heavy (non-hydrogen) atoms. The lowest BCUT2D eigenvalue weighted by atomic mass is 9.89. The Bertz CT molecular complexity index is 2180. The molecular weight excluding hydrogens is 522 g/mol. The molecular formula is C40H29N3. The van der Waals surface area contributed by atoms with E-state index < -0.39 is 0 Å². The Kier molecular flexibility index (Phi) is 6.15. The fourth-order valence-electron chi connectivity index (χ4n) is 6.03. The minimum absolute atomic E-state index is 0.555. The van der Waals surface area contributed by atoms with Gasteiger partial charge in [-0.25, -0.2) is 15.0 Å². The Morgan fingerprint density at radius 1 is 0.465 bits per heavy atom. The van der Waals surface area contributed by atoms with Crippen LogP contribution in [0.25, 0.3) is 72.9 Å². The van der Waals surface area contributed by atoms with Crippen LogP contribution in [0.15, 0.2) is 133 Å². The number of rotatable bonds is 4. The summed E-state index contributed by atoms with van der Waals surface area (Å²) in [6, 6.07) is 45.0. The molecule has 0 spiro atoms. The van der Waals surface area contributed by atoms with Gasteiger partial charge in [0.15, 0.2) is 17.5 Å². The lowest BCUT2D eigenvalue weighted by Crippen LogP contribution is -2.04. The smallest absolute Gasteiger partial charge is 0.164 e. The maximum absolute atomic E-state index is 5.02. The van der Waals surface area contributed by atoms with Crippen molar-refractivity contribution < 1.29 is 0 Å². The highest BCUT2D eigenvalue weighted by molar-refractivity contribution is 5.88. The normalized spacial score (nSPS) is 14.2. The molecule has 0 saturated heterocycles. The van der Waals surface area contributed by atoms with E-state index in [1.807, 2.05) is 0 Å². The van der Waals surface area contributed by atoms with Crippen molar-refractivity contribution in [2.45, 2.75) is 13.3 Å². The molecule has 0 bridgehead atoms. The van der Waals surface area contributed by atoms with E-state index in [1.165, 1.54) is 32.8 Å². The largest absolute Gasteiger partial charge is 0.208 e. The SMILES string of the molecule is CC1C=Cc2cc(-c3nc(-c4ccc(-c5ccc6ccccc6c5)cc4)nc(-c4ccc5ccccc5c4)n3)ccc2C1. The standard InChI is InChI=1S/C40H29N3/c1-26-10-11-35-25-37(21-19-33(35)22-26)40-42-38(41-39(43-40)36-20-15-28-7-3-5-9-32(28)24-36)30-16-12-29(13-17-30)34-18-14-27-6-2-4-8-31(27)23-34/h2-21,23-26H,22H2,1H3. The van der Waals surface area contributed by atoms with Gasteiger partial charge in [0.1, 0.15) is 0 Å². The highest BCUT2D eigenvalue weighted by atomic mass is 15.0. The maximum atomic E-state index is 5.02. The van der Waals surface area contributed by atoms with Gasteiger partial charge in [0.05, 0.1) is 0 Å². The van der Waals surface area contributed by atoms with E-state index in [1.54, 1.807) is 0 Å². The molecule has 1 unspecified atom stereocenters. The number of aromatic nitrogens is 3. The van der Waals surface area contributed by atoms with Crippen molar-refractivity contribution in [1.82, 2.24) is 15.0 Å². The summed E-state index contributed by atoms with van der Waals surface area (Å²) in [6.07, 6.45) is 5.56. The first kappa shape index (κ1) is 25.3. The van der Waals surface area contributed by atoms with E-state index in [0.717, 1.165) is 34.1 Å². The van der Waals surface area contributed by atoms with Gasteiger partial charge in [-0.1, -0.05) is 128 Å². The first-order valence-electron chi connectivity index (χ1n) is 14.8. The van der Waals surface area contributed by atoms with Crippen molar-refractivity contribution in [2.75, 3.05) is 0 Å². The highest BCUT2D eigenvalue weighted by Gasteiger charge is 2.16. The van der Waals surface area contributed by atoms with Crippen LogP contribution in [-0.2, 0) is 6.42 Å². The Balaban J connectivity index is 1.23. The van der Waals surface area contributed by atoms with Gasteiger partial charge in [-0.15, -0.1) is 0 Å². The molecule has 1 atom stereocenters. The van der Waals surface area contributed by atoms with E-state index >= 15 is 0 Å². The third kappa shape index (κ3) is 4.89. The molecule has 0 aliphatic heterocycles. The highest BCUT2D eigenvalue weighted by Crippen LogP contribution is 2.31. The van der Waals surface area contributed by atoms with Crippen LogP contribution in [0.2, 0.25) is 0 Å². The summed E-state index contributed by atoms with van der Waals surface area (Å²) >= 11 is 0. The second-order valence-corrected chi connectivity index (χ2v) is 11.5. The molecule has 7 aromatic rings. The van der Waals surface area contributed by atoms with Gasteiger partial charge in [0.25, 0.3) is 0 Å². The maximum Gasteiger partial charge on any atom is 0.164 e. The molecule has 3 heteroatoms. The van der Waals surface area contributed by atoms with E-state index in [2.05, 4.69) is 146 Å². The van der Waals surface area contributed by atoms with E-state index in [0.29, 0.717) is 23.4 Å². The van der Waals surface area contributed by atoms with E-state index in [-0.39, 0.29) is 0 Å². The van der Waals surface area contributed by atoms with E-state index in [9.17, 15) is 0 Å². The Morgan fingerprint density at radius 2 is 0.953 bits per heavy atom. The first-order chi connectivity index (χ1) is 21.2. The van der Waals surface area contributed by atoms with Crippen LogP contribution < -0.4 is 0 Å². The molecule has 3 nitrogen and oxygen atoms in total. The van der Waals surface area contributed by atoms with Crippen molar-refractivity contribution in [3.8, 4) is 45.3 Å². The van der Waals surface area contributed by atoms with Gasteiger partial charge < -0.3 is 0 Å². The van der Waals surface area contributed by atoms with Crippen LogP contribution in [0.1, 0.15) is 18.1 Å². The summed E-state index contributed by atoms with van der Waals surface area (Å²) in [7, 11) is 0. The van der Waals surface area contributed by atoms with Crippen molar-refractivity contribution >= 4 is 27.6 Å². The fourth-order valence-corrected chi connectivity index (χ4v) is 6.03. The summed E-state index contributed by atoms with van der Waals surface area (Å²) in [6.45, 7) is 2.26. The lowest BCUT2D eigenvalue weighted by Gasteiger charge is -2.16. The molecule has 0 saturated carbocycles. The van der Waals surface area contributed by atoms with Crippen LogP contribution in [0.4, 0.5) is 0 Å². The number of allylic oxidation sites excluding steroid dienone is 1. The van der Waals surface area contributed by atoms with Crippen molar-refractivity contribution in [1.29, 1.82) is 0 Å². The summed E-state index contributed by atoms with van der Waals surface area (Å²) in [5.74, 6) is 2.58. The molecule has 0 amide bonds. The first-order valence-corrected chi connectivity index (χ1v) is 14.8. The monoisotopic (exact) mass is 551 g/mol. The number of fused-ring (bicyclic) bond motifs is 3. The second kappa shape index (κ2) is 10.5. The topological polar surface area (TPSA) is 38.7 Å². The molecule has 1 aromatic heterocycles. The summed E-state index contributed by atoms with van der Waals surface area (Å²) in [5, 5.41) is 4.84. The van der Waals surface area contributed by atoms with Crippen molar-refractivity contribution in [3.63, 3.8) is 0 Å². The number of nitrogens with zero attached hydrogens (tertiary/aromatic N) is 3. The van der Waals surface area contributed by atoms with Gasteiger partial charge >= 0.3 is 0 Å². The van der Waals surface area contributed by atoms with Crippen LogP contribution in [0.3, 0.4) is 0 Å². The zero-order valence-corrected chi connectivity index (χ0v) is 23.9. The Morgan fingerprint density at radius 3 is 1.63 bits per heavy atom. The van der Waals surface area contributed by atoms with Crippen molar-refractivity contribution in [2.24, 2.45) is 5.92 Å². The third-order valence-corrected chi connectivity index (χ3v) is 8.42. The average molecular weight is 552 g/mol. The van der Waals surface area contributed by atoms with Gasteiger partial charge in [-0.3, -0.25) is 0 Å². The molecule has 6 aromatic carbocycles. The minimum Gasteiger partial charge on any atom is -0.208 e. The Labute approximate surface area is 251 Å². The van der Waals surface area contributed by atoms with Crippen LogP contribution >= 0.6 is 0 Å². The average Bonchev–Trinajstić information content (AvgIpc) is 3.07. The summed E-state index contributed by atoms with van der Waals surface area (Å²) in [4.78, 5) is 15.1. The molecule has 1 aliphatic rings. The van der Waals surface area contributed by atoms with Gasteiger partial charge in [-0.05, 0) is 74.3 Å². The van der Waals surface area contributed by atoms with Crippen LogP contribution in [0.5, 0.6) is 0 Å². The molecule has 0 N–H and O–H groups in total. The quantitative estimate of drug-likeness (QED) is 0.218. The molecule has 8 rings (SSSR count). The third-order valence-electron chi connectivity index (χ3n) is 8.42. The molecule has 0 fully saturated rings. The van der Waals surface area contributed by atoms with Crippen molar-refractivity contribution in [3.05, 3.63) is 145 Å². The zero-order chi connectivity index (χ0) is 28.8. The minimum atomic E-state index is 0.555. The van der Waals surface area contributed by atoms with Gasteiger partial charge in [0, 0.05) is 16.7 Å². The predicted molar refractivity (Wildman–Crippen MR) is 178 cm³/mol. The fraction of sp³-hybridized carbons (Fsp3) is 0.0750. The summed E-state index contributed by atoms with van der Waals surface area (Å²) < 4.78 is 0. The number of hydrogen-bond donors (Lipinski definition) is 0. The second-order valence-electron chi connectivity index (χ2n) is 11.5. The van der Waals surface area contributed by atoms with E-state index in [4.69, 9.17) is 15.0 Å². The van der Waals surface area contributed by atoms with Gasteiger partial charge in [0.2, 0.25) is 0 Å². The Hall–Kier alpha value is -5.41. The number of hydrogen-bond acceptors (Lipinski definition) is 3. The molecule has 0 radical (unpaired) electrons.